The van der Waals surface area contributed by atoms with Gasteiger partial charge in [0.15, 0.2) is 9.84 Å². The maximum Gasteiger partial charge on any atom is 0.254 e. The van der Waals surface area contributed by atoms with Crippen LogP contribution in [0.4, 0.5) is 5.82 Å². The van der Waals surface area contributed by atoms with Crippen molar-refractivity contribution in [2.24, 2.45) is 0 Å². The van der Waals surface area contributed by atoms with E-state index in [0.29, 0.717) is 18.5 Å². The molecule has 0 radical (unpaired) electrons. The molecule has 1 amide bonds. The van der Waals surface area contributed by atoms with Gasteiger partial charge >= 0.3 is 0 Å². The van der Waals surface area contributed by atoms with Gasteiger partial charge in [-0.2, -0.15) is 0 Å². The summed E-state index contributed by atoms with van der Waals surface area (Å²) in [7, 11) is -3.04. The molecule has 0 aromatic carbocycles. The maximum absolute atomic E-state index is 12.9. The highest BCUT2D eigenvalue weighted by molar-refractivity contribution is 7.91. The number of nitrogens with zero attached hydrogens (tertiary/aromatic N) is 3. The largest absolute Gasteiger partial charge is 0.357 e. The van der Waals surface area contributed by atoms with Crippen molar-refractivity contribution in [3.8, 4) is 0 Å². The van der Waals surface area contributed by atoms with E-state index in [-0.39, 0.29) is 28.6 Å². The molecule has 24 heavy (non-hydrogen) atoms. The second kappa shape index (κ2) is 6.88. The number of carbonyl (C=O) groups is 1. The van der Waals surface area contributed by atoms with E-state index in [1.165, 1.54) is 0 Å². The van der Waals surface area contributed by atoms with Crippen LogP contribution in [0.25, 0.3) is 0 Å². The molecule has 2 aliphatic rings. The van der Waals surface area contributed by atoms with Gasteiger partial charge in [0.25, 0.3) is 5.91 Å². The average Bonchev–Trinajstić information content (AvgIpc) is 3.17. The fourth-order valence-electron chi connectivity index (χ4n) is 3.47. The quantitative estimate of drug-likeness (QED) is 0.757. The number of sulfone groups is 1. The number of rotatable bonds is 4. The summed E-state index contributed by atoms with van der Waals surface area (Å²) in [6, 6.07) is 3.08. The Balaban J connectivity index is 1.85. The lowest BCUT2D eigenvalue weighted by Crippen LogP contribution is -2.41. The molecule has 2 fully saturated rings. The highest BCUT2D eigenvalue weighted by Gasteiger charge is 2.34. The summed E-state index contributed by atoms with van der Waals surface area (Å²) in [5, 5.41) is 0.290. The lowest BCUT2D eigenvalue weighted by Gasteiger charge is -2.27. The Bertz CT molecular complexity index is 732. The molecule has 132 valence electrons. The van der Waals surface area contributed by atoms with E-state index in [9.17, 15) is 13.2 Å². The lowest BCUT2D eigenvalue weighted by molar-refractivity contribution is 0.0708. The predicted octanol–water partition coefficient (Wildman–Crippen LogP) is 1.98. The fourth-order valence-corrected chi connectivity index (χ4v) is 5.40. The number of pyridine rings is 1. The van der Waals surface area contributed by atoms with Crippen molar-refractivity contribution >= 4 is 33.2 Å². The summed E-state index contributed by atoms with van der Waals surface area (Å²) in [5.74, 6) is 0.741. The topological polar surface area (TPSA) is 70.6 Å². The van der Waals surface area contributed by atoms with Crippen LogP contribution >= 0.6 is 11.6 Å². The molecule has 1 atom stereocenters. The number of hydrogen-bond acceptors (Lipinski definition) is 5. The van der Waals surface area contributed by atoms with Gasteiger partial charge in [-0.15, -0.1) is 0 Å². The number of aromatic nitrogens is 1. The first kappa shape index (κ1) is 17.5. The Morgan fingerprint density at radius 2 is 2.08 bits per heavy atom. The zero-order valence-corrected chi connectivity index (χ0v) is 15.3. The van der Waals surface area contributed by atoms with Crippen LogP contribution in [0.1, 0.15) is 36.5 Å². The molecule has 8 heteroatoms. The van der Waals surface area contributed by atoms with E-state index in [1.54, 1.807) is 17.0 Å². The molecule has 1 aromatic rings. The number of halogens is 1. The highest BCUT2D eigenvalue weighted by Crippen LogP contribution is 2.25. The zero-order chi connectivity index (χ0) is 17.3. The monoisotopic (exact) mass is 371 g/mol. The van der Waals surface area contributed by atoms with Gasteiger partial charge in [0.2, 0.25) is 0 Å². The number of hydrogen-bond donors (Lipinski definition) is 0. The van der Waals surface area contributed by atoms with Crippen molar-refractivity contribution < 1.29 is 13.2 Å². The summed E-state index contributed by atoms with van der Waals surface area (Å²) < 4.78 is 23.5. The molecular formula is C16H22ClN3O3S. The van der Waals surface area contributed by atoms with Crippen molar-refractivity contribution in [2.45, 2.75) is 32.2 Å². The number of anilines is 1. The molecule has 3 heterocycles. The average molecular weight is 372 g/mol. The van der Waals surface area contributed by atoms with Gasteiger partial charge in [0, 0.05) is 31.2 Å². The highest BCUT2D eigenvalue weighted by atomic mass is 35.5. The third kappa shape index (κ3) is 3.67. The minimum Gasteiger partial charge on any atom is -0.357 e. The molecule has 0 bridgehead atoms. The van der Waals surface area contributed by atoms with Crippen molar-refractivity contribution in [3.63, 3.8) is 0 Å². The minimum atomic E-state index is -3.04. The van der Waals surface area contributed by atoms with Gasteiger partial charge in [-0.05, 0) is 38.3 Å². The fraction of sp³-hybridized carbons (Fsp3) is 0.625. The zero-order valence-electron chi connectivity index (χ0n) is 13.7. The van der Waals surface area contributed by atoms with Crippen LogP contribution in [-0.4, -0.2) is 61.4 Å². The van der Waals surface area contributed by atoms with Crippen molar-refractivity contribution in [2.75, 3.05) is 36.0 Å². The first-order chi connectivity index (χ1) is 11.4. The van der Waals surface area contributed by atoms with Gasteiger partial charge in [0.05, 0.1) is 11.5 Å². The van der Waals surface area contributed by atoms with Gasteiger partial charge in [-0.25, -0.2) is 13.4 Å². The first-order valence-corrected chi connectivity index (χ1v) is 10.5. The number of carbonyl (C=O) groups excluding carboxylic acids is 1. The molecule has 3 rings (SSSR count). The lowest BCUT2D eigenvalue weighted by atomic mass is 10.1. The van der Waals surface area contributed by atoms with Crippen molar-refractivity contribution in [1.82, 2.24) is 9.88 Å². The van der Waals surface area contributed by atoms with Crippen LogP contribution in [-0.2, 0) is 9.84 Å². The summed E-state index contributed by atoms with van der Waals surface area (Å²) in [6.07, 6.45) is 2.72. The second-order valence-corrected chi connectivity index (χ2v) is 8.99. The first-order valence-electron chi connectivity index (χ1n) is 8.33. The molecule has 1 aromatic heterocycles. The van der Waals surface area contributed by atoms with Crippen molar-refractivity contribution in [3.05, 3.63) is 22.8 Å². The van der Waals surface area contributed by atoms with E-state index in [1.807, 2.05) is 6.92 Å². The smallest absolute Gasteiger partial charge is 0.254 e. The summed E-state index contributed by atoms with van der Waals surface area (Å²) in [6.45, 7) is 4.17. The summed E-state index contributed by atoms with van der Waals surface area (Å²) >= 11 is 6.12. The predicted molar refractivity (Wildman–Crippen MR) is 94.5 cm³/mol. The molecule has 2 aliphatic heterocycles. The van der Waals surface area contributed by atoms with Gasteiger partial charge < -0.3 is 9.80 Å². The standard InChI is InChI=1S/C16H22ClN3O3S/c1-2-20(13-5-8-24(22,23)11-13)16(21)12-9-14(17)18-15(10-12)19-6-3-4-7-19/h9-10,13H,2-8,11H2,1H3/t13-/m0/s1. The van der Waals surface area contributed by atoms with Crippen LogP contribution in [0.3, 0.4) is 0 Å². The van der Waals surface area contributed by atoms with E-state index < -0.39 is 9.84 Å². The van der Waals surface area contributed by atoms with Crippen LogP contribution in [0.15, 0.2) is 12.1 Å². The molecular weight excluding hydrogens is 350 g/mol. The Morgan fingerprint density at radius 3 is 2.67 bits per heavy atom. The number of amides is 1. The van der Waals surface area contributed by atoms with Crippen LogP contribution < -0.4 is 4.90 Å². The van der Waals surface area contributed by atoms with Crippen LogP contribution in [0.2, 0.25) is 5.15 Å². The minimum absolute atomic E-state index is 0.0460. The molecule has 2 saturated heterocycles. The van der Waals surface area contributed by atoms with Crippen LogP contribution in [0.5, 0.6) is 0 Å². The summed E-state index contributed by atoms with van der Waals surface area (Å²) in [5.41, 5.74) is 0.475. The van der Waals surface area contributed by atoms with Crippen LogP contribution in [0, 0.1) is 0 Å². The molecule has 6 nitrogen and oxygen atoms in total. The molecule has 0 spiro atoms. The third-order valence-corrected chi connectivity index (χ3v) is 6.65. The third-order valence-electron chi connectivity index (χ3n) is 4.71. The van der Waals surface area contributed by atoms with Crippen molar-refractivity contribution in [1.29, 1.82) is 0 Å². The Hall–Kier alpha value is -1.34. The Kier molecular flexibility index (Phi) is 5.01. The molecule has 0 saturated carbocycles. The normalized spacial score (nSPS) is 22.8. The molecule has 0 N–H and O–H groups in total. The molecule has 0 unspecified atom stereocenters. The Morgan fingerprint density at radius 1 is 1.38 bits per heavy atom. The Labute approximate surface area is 147 Å². The van der Waals surface area contributed by atoms with E-state index >= 15 is 0 Å². The van der Waals surface area contributed by atoms with Gasteiger partial charge in [-0.1, -0.05) is 11.6 Å². The van der Waals surface area contributed by atoms with E-state index in [0.717, 1.165) is 31.7 Å². The maximum atomic E-state index is 12.9. The van der Waals surface area contributed by atoms with Gasteiger partial charge in [-0.3, -0.25) is 4.79 Å². The van der Waals surface area contributed by atoms with Gasteiger partial charge in [0.1, 0.15) is 11.0 Å². The van der Waals surface area contributed by atoms with E-state index in [4.69, 9.17) is 11.6 Å². The molecule has 0 aliphatic carbocycles. The summed E-state index contributed by atoms with van der Waals surface area (Å²) in [4.78, 5) is 21.0. The van der Waals surface area contributed by atoms with E-state index in [2.05, 4.69) is 9.88 Å². The SMILES string of the molecule is CCN(C(=O)c1cc(Cl)nc(N2CCCC2)c1)[C@H]1CCS(=O)(=O)C1. The second-order valence-electron chi connectivity index (χ2n) is 6.38.